The van der Waals surface area contributed by atoms with Crippen LogP contribution in [0, 0.1) is 23.7 Å². The molecule has 12 nitrogen and oxygen atoms in total. The van der Waals surface area contributed by atoms with Crippen molar-refractivity contribution in [3.05, 3.63) is 95.3 Å². The molecule has 0 N–H and O–H groups in total. The molecule has 1 atom stereocenters. The van der Waals surface area contributed by atoms with E-state index in [1.807, 2.05) is 30.9 Å². The summed E-state index contributed by atoms with van der Waals surface area (Å²) in [5, 5.41) is 10.1. The number of rotatable bonds is 10. The van der Waals surface area contributed by atoms with Crippen LogP contribution < -0.4 is 28.2 Å². The van der Waals surface area contributed by atoms with Gasteiger partial charge >= 0.3 is 0 Å². The second kappa shape index (κ2) is 12.2. The Morgan fingerprint density at radius 2 is 1.58 bits per heavy atom. The molecule has 3 aromatic carbocycles. The third-order valence-corrected chi connectivity index (χ3v) is 11.6. The Morgan fingerprint density at radius 1 is 0.860 bits per heavy atom. The lowest BCUT2D eigenvalue weighted by atomic mass is 9.67. The molecule has 1 spiro atoms. The number of hydrogen-bond acceptors (Lipinski definition) is 11. The number of carbonyl (C=O) groups excluding carboxylic acids is 1. The number of pyridine rings is 1. The fourth-order valence-corrected chi connectivity index (χ4v) is 9.18. The predicted molar refractivity (Wildman–Crippen MR) is 186 cm³/mol. The fraction of sp³-hybridized carbons (Fsp3) is 0.324. The molecule has 2 fully saturated rings. The van der Waals surface area contributed by atoms with Gasteiger partial charge < -0.3 is 23.8 Å². The summed E-state index contributed by atoms with van der Waals surface area (Å²) < 4.78 is 53.0. The van der Waals surface area contributed by atoms with Crippen molar-refractivity contribution in [2.45, 2.75) is 24.3 Å². The minimum atomic E-state index is -4.59. The lowest BCUT2D eigenvalue weighted by molar-refractivity contribution is -0.139. The maximum atomic E-state index is 15.5. The molecular formula is C37H37N5O7S. The van der Waals surface area contributed by atoms with E-state index in [9.17, 15) is 13.7 Å². The first kappa shape index (κ1) is 33.2. The maximum Gasteiger partial charge on any atom is 0.274 e. The molecule has 3 aliphatic heterocycles. The molecule has 4 aromatic rings. The Balaban J connectivity index is 1.41. The molecule has 0 aliphatic carbocycles. The van der Waals surface area contributed by atoms with Crippen LogP contribution in [0.1, 0.15) is 29.3 Å². The van der Waals surface area contributed by atoms with Gasteiger partial charge in [0.2, 0.25) is 0 Å². The van der Waals surface area contributed by atoms with Crippen LogP contribution in [0.25, 0.3) is 0 Å². The van der Waals surface area contributed by atoms with E-state index in [0.29, 0.717) is 48.1 Å². The normalized spacial score (nSPS) is 19.3. The first-order chi connectivity index (χ1) is 24.0. The van der Waals surface area contributed by atoms with Gasteiger partial charge in [0.15, 0.2) is 5.54 Å². The van der Waals surface area contributed by atoms with Gasteiger partial charge in [-0.3, -0.25) is 14.7 Å². The van der Waals surface area contributed by atoms with Crippen LogP contribution in [0.5, 0.6) is 23.0 Å². The zero-order chi connectivity index (χ0) is 35.4. The maximum absolute atomic E-state index is 15.5. The molecule has 13 heteroatoms. The lowest BCUT2D eigenvalue weighted by Crippen LogP contribution is -2.76. The Kier molecular flexibility index (Phi) is 8.11. The van der Waals surface area contributed by atoms with Crippen molar-refractivity contribution in [1.82, 2.24) is 9.88 Å². The van der Waals surface area contributed by atoms with Gasteiger partial charge in [-0.15, -0.1) is 0 Å². The standard InChI is InChI=1S/C37H37N5O7S/c1-6-49-32-11-8-27(46-3)17-30(32)37(41-22-36(23-41)20-40(21-36)26-13-14-39-24(2)15-26)29-16-25(19-38)7-10-31(29)42(35(37)43)50(44,45)34-12-9-28(47-4)18-33(34)48-5/h7-18H,6,20-23H2,1-5H3. The molecule has 258 valence electrons. The number of anilines is 2. The minimum Gasteiger partial charge on any atom is -0.497 e. The summed E-state index contributed by atoms with van der Waals surface area (Å²) in [5.41, 5.74) is 1.38. The highest BCUT2D eigenvalue weighted by Crippen LogP contribution is 2.58. The van der Waals surface area contributed by atoms with E-state index < -0.39 is 21.5 Å². The summed E-state index contributed by atoms with van der Waals surface area (Å²) >= 11 is 0. The summed E-state index contributed by atoms with van der Waals surface area (Å²) in [7, 11) is -0.237. The van der Waals surface area contributed by atoms with Crippen molar-refractivity contribution in [2.24, 2.45) is 5.41 Å². The molecule has 50 heavy (non-hydrogen) atoms. The van der Waals surface area contributed by atoms with Gasteiger partial charge in [-0.25, -0.2) is 12.7 Å². The van der Waals surface area contributed by atoms with E-state index in [0.717, 1.165) is 28.8 Å². The highest BCUT2D eigenvalue weighted by molar-refractivity contribution is 7.93. The number of aromatic nitrogens is 1. The second-order valence-corrected chi connectivity index (χ2v) is 14.6. The molecule has 0 bridgehead atoms. The molecule has 1 unspecified atom stereocenters. The van der Waals surface area contributed by atoms with E-state index in [4.69, 9.17) is 18.9 Å². The van der Waals surface area contributed by atoms with Gasteiger partial charge in [0.1, 0.15) is 27.9 Å². The number of methoxy groups -OCH3 is 3. The molecule has 0 saturated carbocycles. The smallest absolute Gasteiger partial charge is 0.274 e. The molecule has 0 radical (unpaired) electrons. The Morgan fingerprint density at radius 3 is 2.24 bits per heavy atom. The number of likely N-dealkylation sites (tertiary alicyclic amines) is 1. The SMILES string of the molecule is CCOc1ccc(OC)cc1C1(N2CC3(CN(c4ccnc(C)c4)C3)C2)C(=O)N(S(=O)(=O)c2ccc(OC)cc2OC)c2ccc(C#N)cc21. The Bertz CT molecular complexity index is 2150. The molecule has 2 saturated heterocycles. The number of aryl methyl sites for hydroxylation is 1. The molecule has 7 rings (SSSR count). The van der Waals surface area contributed by atoms with Gasteiger partial charge in [-0.1, -0.05) is 0 Å². The van der Waals surface area contributed by atoms with Crippen LogP contribution >= 0.6 is 0 Å². The average molecular weight is 696 g/mol. The number of fused-ring (bicyclic) bond motifs is 1. The number of amides is 1. The van der Waals surface area contributed by atoms with Gasteiger partial charge in [-0.2, -0.15) is 5.26 Å². The van der Waals surface area contributed by atoms with Crippen LogP contribution in [0.15, 0.2) is 77.8 Å². The number of hydrogen-bond donors (Lipinski definition) is 0. The topological polar surface area (TPSA) is 135 Å². The summed E-state index contributed by atoms with van der Waals surface area (Å²) in [5.74, 6) is 0.557. The van der Waals surface area contributed by atoms with Crippen LogP contribution in [0.4, 0.5) is 11.4 Å². The van der Waals surface area contributed by atoms with Gasteiger partial charge in [0.05, 0.1) is 45.3 Å². The van der Waals surface area contributed by atoms with Crippen LogP contribution in [-0.2, 0) is 20.4 Å². The Labute approximate surface area is 291 Å². The molecular weight excluding hydrogens is 659 g/mol. The first-order valence-corrected chi connectivity index (χ1v) is 17.6. The van der Waals surface area contributed by atoms with Crippen LogP contribution in [0.3, 0.4) is 0 Å². The zero-order valence-electron chi connectivity index (χ0n) is 28.5. The summed E-state index contributed by atoms with van der Waals surface area (Å²) in [6.07, 6.45) is 1.80. The summed E-state index contributed by atoms with van der Waals surface area (Å²) in [6.45, 7) is 6.57. The number of nitriles is 1. The average Bonchev–Trinajstić information content (AvgIpc) is 3.35. The van der Waals surface area contributed by atoms with Gasteiger partial charge in [0.25, 0.3) is 15.9 Å². The minimum absolute atomic E-state index is 0.0186. The molecule has 3 aliphatic rings. The highest BCUT2D eigenvalue weighted by atomic mass is 32.2. The number of benzene rings is 3. The van der Waals surface area contributed by atoms with Crippen LogP contribution in [0.2, 0.25) is 0 Å². The third kappa shape index (κ3) is 4.93. The van der Waals surface area contributed by atoms with E-state index in [1.54, 1.807) is 30.5 Å². The van der Waals surface area contributed by atoms with Crippen molar-refractivity contribution in [3.8, 4) is 29.1 Å². The Hall–Kier alpha value is -5.32. The molecule has 1 aromatic heterocycles. The first-order valence-electron chi connectivity index (χ1n) is 16.2. The predicted octanol–water partition coefficient (Wildman–Crippen LogP) is 4.49. The van der Waals surface area contributed by atoms with Crippen molar-refractivity contribution in [3.63, 3.8) is 0 Å². The van der Waals surface area contributed by atoms with E-state index in [-0.39, 0.29) is 27.3 Å². The molecule has 4 heterocycles. The third-order valence-electron chi connectivity index (χ3n) is 9.82. The van der Waals surface area contributed by atoms with Crippen LogP contribution in [-0.4, -0.2) is 78.3 Å². The number of carbonyl (C=O) groups is 1. The number of ether oxygens (including phenoxy) is 4. The quantitative estimate of drug-likeness (QED) is 0.232. The number of sulfonamides is 1. The van der Waals surface area contributed by atoms with E-state index in [2.05, 4.69) is 16.0 Å². The summed E-state index contributed by atoms with van der Waals surface area (Å²) in [6, 6.07) is 20.4. The monoisotopic (exact) mass is 695 g/mol. The van der Waals surface area contributed by atoms with E-state index >= 15 is 4.79 Å². The van der Waals surface area contributed by atoms with Gasteiger partial charge in [-0.05, 0) is 74.5 Å². The lowest BCUT2D eigenvalue weighted by Gasteiger charge is -2.64. The summed E-state index contributed by atoms with van der Waals surface area (Å²) in [4.78, 5) is 23.9. The molecule has 1 amide bonds. The zero-order valence-corrected chi connectivity index (χ0v) is 29.3. The van der Waals surface area contributed by atoms with Crippen molar-refractivity contribution in [1.29, 1.82) is 5.26 Å². The highest BCUT2D eigenvalue weighted by Gasteiger charge is 2.66. The largest absolute Gasteiger partial charge is 0.497 e. The van der Waals surface area contributed by atoms with Crippen molar-refractivity contribution >= 4 is 27.3 Å². The van der Waals surface area contributed by atoms with Crippen molar-refractivity contribution < 1.29 is 32.2 Å². The van der Waals surface area contributed by atoms with Gasteiger partial charge in [0, 0.05) is 66.4 Å². The van der Waals surface area contributed by atoms with Crippen molar-refractivity contribution in [2.75, 3.05) is 63.3 Å². The fourth-order valence-electron chi connectivity index (χ4n) is 7.58. The second-order valence-electron chi connectivity index (χ2n) is 12.8. The number of nitrogens with zero attached hydrogens (tertiary/aromatic N) is 5. The van der Waals surface area contributed by atoms with E-state index in [1.165, 1.54) is 51.7 Å².